The molecule has 3 rings (SSSR count). The fourth-order valence-corrected chi connectivity index (χ4v) is 9.33. The Morgan fingerprint density at radius 3 is 1.54 bits per heavy atom. The number of hydrogen-bond donors (Lipinski definition) is 0. The van der Waals surface area contributed by atoms with Gasteiger partial charge in [-0.2, -0.15) is 0 Å². The largest absolute Gasteiger partial charge is 0.469 e. The summed E-state index contributed by atoms with van der Waals surface area (Å²) in [5.74, 6) is 1.52. The fraction of sp³-hybridized carbons (Fsp3) is 0.323. The number of carbonyl (C=O) groups excluding carboxylic acids is 2. The minimum Gasteiger partial charge on any atom is -0.469 e. The van der Waals surface area contributed by atoms with Gasteiger partial charge in [0.15, 0.2) is 14.1 Å². The lowest BCUT2D eigenvalue weighted by atomic mass is 10.1. The first-order valence-corrected chi connectivity index (χ1v) is 17.5. The summed E-state index contributed by atoms with van der Waals surface area (Å²) in [6, 6.07) is 30.8. The maximum absolute atomic E-state index is 13.9. The molecule has 0 aliphatic heterocycles. The van der Waals surface area contributed by atoms with Crippen molar-refractivity contribution in [3.05, 3.63) is 91.0 Å². The summed E-state index contributed by atoms with van der Waals surface area (Å²) >= 11 is 0. The van der Waals surface area contributed by atoms with E-state index in [0.717, 1.165) is 15.9 Å². The molecule has 3 aromatic rings. The summed E-state index contributed by atoms with van der Waals surface area (Å²) in [5.41, 5.74) is 0. The molecular formula is C31H39O4PSi. The molecule has 0 bridgehead atoms. The van der Waals surface area contributed by atoms with Crippen LogP contribution in [0, 0.1) is 0 Å². The SMILES string of the molecule is COC(=O)C[C@H](CC(=O)C=P(c1ccccc1)(c1ccccc1)c1ccccc1)O[Si](C)(C)C(C)(C)C. The molecular weight excluding hydrogens is 495 g/mol. The molecule has 0 aliphatic carbocycles. The quantitative estimate of drug-likeness (QED) is 0.190. The van der Waals surface area contributed by atoms with E-state index < -0.39 is 21.3 Å². The molecule has 6 heteroatoms. The van der Waals surface area contributed by atoms with E-state index in [2.05, 4.69) is 70.3 Å². The zero-order valence-corrected chi connectivity index (χ0v) is 24.7. The molecule has 0 unspecified atom stereocenters. The standard InChI is InChI=1S/C31H39O4PSi/c1-31(2,3)37(5,6)35-26(23-30(33)34-4)22-25(32)24-36(27-16-10-7-11-17-27,28-18-12-8-13-19-28)29-20-14-9-15-21-29/h7-21,24,26H,22-23H2,1-6H3/t26-/m0/s1. The van der Waals surface area contributed by atoms with Crippen LogP contribution in [0.25, 0.3) is 0 Å². The van der Waals surface area contributed by atoms with Crippen molar-refractivity contribution in [3.8, 4) is 0 Å². The van der Waals surface area contributed by atoms with Crippen molar-refractivity contribution >= 4 is 48.7 Å². The number of ether oxygens (including phenoxy) is 1. The summed E-state index contributed by atoms with van der Waals surface area (Å²) in [4.78, 5) is 26.2. The van der Waals surface area contributed by atoms with Gasteiger partial charge < -0.3 is 9.16 Å². The number of esters is 1. The van der Waals surface area contributed by atoms with E-state index in [0.29, 0.717) is 0 Å². The predicted molar refractivity (Wildman–Crippen MR) is 160 cm³/mol. The minimum absolute atomic E-state index is 0.0301. The molecule has 0 N–H and O–H groups in total. The number of hydrogen-bond acceptors (Lipinski definition) is 4. The van der Waals surface area contributed by atoms with E-state index in [1.54, 1.807) is 0 Å². The summed E-state index contributed by atoms with van der Waals surface area (Å²) in [6.45, 7) is 8.31. The fourth-order valence-electron chi connectivity index (χ4n) is 4.17. The predicted octanol–water partition coefficient (Wildman–Crippen LogP) is 5.70. The van der Waals surface area contributed by atoms with Gasteiger partial charge in [0.05, 0.1) is 19.6 Å². The molecule has 0 aliphatic rings. The van der Waals surface area contributed by atoms with Gasteiger partial charge in [0.1, 0.15) is 0 Å². The van der Waals surface area contributed by atoms with Crippen molar-refractivity contribution in [2.24, 2.45) is 0 Å². The molecule has 0 saturated carbocycles. The molecule has 1 atom stereocenters. The van der Waals surface area contributed by atoms with Crippen molar-refractivity contribution in [3.63, 3.8) is 0 Å². The molecule has 0 radical (unpaired) electrons. The Hall–Kier alpha value is -2.72. The Kier molecular flexibility index (Phi) is 9.52. The first-order valence-electron chi connectivity index (χ1n) is 12.7. The molecule has 0 saturated heterocycles. The molecule has 0 spiro atoms. The summed E-state index contributed by atoms with van der Waals surface area (Å²) in [7, 11) is -0.858. The second-order valence-corrected chi connectivity index (χ2v) is 18.8. The van der Waals surface area contributed by atoms with Gasteiger partial charge in [-0.15, -0.1) is 0 Å². The smallest absolute Gasteiger partial charge is 0.308 e. The lowest BCUT2D eigenvalue weighted by molar-refractivity contribution is -0.142. The summed E-state index contributed by atoms with van der Waals surface area (Å²) in [6.07, 6.45) is -0.368. The van der Waals surface area contributed by atoms with Crippen molar-refractivity contribution in [1.29, 1.82) is 0 Å². The van der Waals surface area contributed by atoms with Gasteiger partial charge in [-0.1, -0.05) is 112 Å². The molecule has 0 heterocycles. The molecule has 0 aromatic heterocycles. The Morgan fingerprint density at radius 2 is 1.19 bits per heavy atom. The van der Waals surface area contributed by atoms with Crippen LogP contribution in [0.15, 0.2) is 91.0 Å². The van der Waals surface area contributed by atoms with Crippen LogP contribution in [0.5, 0.6) is 0 Å². The molecule has 37 heavy (non-hydrogen) atoms. The third-order valence-electron chi connectivity index (χ3n) is 7.15. The van der Waals surface area contributed by atoms with Crippen LogP contribution >= 0.6 is 6.89 Å². The zero-order valence-electron chi connectivity index (χ0n) is 22.8. The highest BCUT2D eigenvalue weighted by molar-refractivity contribution is 7.95. The second kappa shape index (κ2) is 12.2. The van der Waals surface area contributed by atoms with Crippen LogP contribution in [-0.4, -0.2) is 39.1 Å². The van der Waals surface area contributed by atoms with Gasteiger partial charge >= 0.3 is 5.97 Å². The monoisotopic (exact) mass is 534 g/mol. The number of methoxy groups -OCH3 is 1. The van der Waals surface area contributed by atoms with Crippen LogP contribution in [0.3, 0.4) is 0 Å². The van der Waals surface area contributed by atoms with E-state index >= 15 is 0 Å². The Labute approximate surface area is 223 Å². The van der Waals surface area contributed by atoms with Gasteiger partial charge in [-0.25, -0.2) is 0 Å². The molecule has 4 nitrogen and oxygen atoms in total. The van der Waals surface area contributed by atoms with Crippen LogP contribution < -0.4 is 15.9 Å². The van der Waals surface area contributed by atoms with E-state index in [1.807, 2.05) is 60.4 Å². The van der Waals surface area contributed by atoms with Crippen LogP contribution in [0.1, 0.15) is 33.6 Å². The van der Waals surface area contributed by atoms with Crippen molar-refractivity contribution < 1.29 is 18.8 Å². The number of ketones is 1. The second-order valence-electron chi connectivity index (χ2n) is 10.8. The summed E-state index contributed by atoms with van der Waals surface area (Å²) in [5, 5.41) is 3.27. The average molecular weight is 535 g/mol. The van der Waals surface area contributed by atoms with Crippen molar-refractivity contribution in [2.45, 2.75) is 57.8 Å². The van der Waals surface area contributed by atoms with E-state index in [4.69, 9.17) is 9.16 Å². The Balaban J connectivity index is 2.16. The number of rotatable bonds is 10. The molecule has 0 amide bonds. The lowest BCUT2D eigenvalue weighted by Crippen LogP contribution is -2.45. The highest BCUT2D eigenvalue weighted by Crippen LogP contribution is 2.44. The maximum atomic E-state index is 13.9. The number of benzene rings is 3. The Morgan fingerprint density at radius 1 is 0.784 bits per heavy atom. The third-order valence-corrected chi connectivity index (χ3v) is 15.7. The normalized spacial score (nSPS) is 13.0. The van der Waals surface area contributed by atoms with Gasteiger partial charge in [-0.3, -0.25) is 9.59 Å². The van der Waals surface area contributed by atoms with Crippen LogP contribution in [0.2, 0.25) is 18.1 Å². The maximum Gasteiger partial charge on any atom is 0.308 e. The molecule has 0 fully saturated rings. The minimum atomic E-state index is -2.43. The summed E-state index contributed by atoms with van der Waals surface area (Å²) < 4.78 is 11.5. The van der Waals surface area contributed by atoms with E-state index in [1.165, 1.54) is 7.11 Å². The first-order chi connectivity index (χ1) is 17.5. The van der Waals surface area contributed by atoms with Crippen LogP contribution in [0.4, 0.5) is 0 Å². The van der Waals surface area contributed by atoms with Gasteiger partial charge in [-0.05, 0) is 46.7 Å². The molecule has 3 aromatic carbocycles. The topological polar surface area (TPSA) is 52.6 Å². The first kappa shape index (κ1) is 28.8. The van der Waals surface area contributed by atoms with Crippen molar-refractivity contribution in [1.82, 2.24) is 0 Å². The lowest BCUT2D eigenvalue weighted by Gasteiger charge is -2.39. The van der Waals surface area contributed by atoms with E-state index in [9.17, 15) is 9.59 Å². The third kappa shape index (κ3) is 6.98. The number of carbonyl (C=O) groups is 2. The van der Waals surface area contributed by atoms with Gasteiger partial charge in [0, 0.05) is 6.42 Å². The highest BCUT2D eigenvalue weighted by atomic mass is 31.2. The Bertz CT molecular complexity index is 1130. The van der Waals surface area contributed by atoms with Gasteiger partial charge in [0.25, 0.3) is 0 Å². The molecule has 196 valence electrons. The average Bonchev–Trinajstić information content (AvgIpc) is 2.87. The van der Waals surface area contributed by atoms with Crippen LogP contribution in [-0.2, 0) is 18.8 Å². The van der Waals surface area contributed by atoms with E-state index in [-0.39, 0.29) is 29.6 Å². The highest BCUT2D eigenvalue weighted by Gasteiger charge is 2.40. The number of Topliss-reactive ketones (excluding diaryl/α,β-unsaturated/α-hetero) is 1. The van der Waals surface area contributed by atoms with Gasteiger partial charge in [0.2, 0.25) is 0 Å². The zero-order chi connectivity index (χ0) is 27.1. The van der Waals surface area contributed by atoms with Crippen molar-refractivity contribution in [2.75, 3.05) is 7.11 Å².